The van der Waals surface area contributed by atoms with Crippen LogP contribution in [0.15, 0.2) is 24.4 Å². The second kappa shape index (κ2) is 5.65. The van der Waals surface area contributed by atoms with Crippen LogP contribution in [0.3, 0.4) is 0 Å². The first kappa shape index (κ1) is 14.6. The number of aromatic nitrogens is 1. The molecule has 1 saturated heterocycles. The number of aliphatic carboxylic acids is 1. The first-order valence-electron chi connectivity index (χ1n) is 6.99. The van der Waals surface area contributed by atoms with E-state index in [0.717, 1.165) is 37.0 Å². The third kappa shape index (κ3) is 3.38. The minimum Gasteiger partial charge on any atom is -0.478 e. The molecule has 4 nitrogen and oxygen atoms in total. The molecule has 108 valence electrons. The summed E-state index contributed by atoms with van der Waals surface area (Å²) in [6, 6.07) is 3.74. The van der Waals surface area contributed by atoms with Gasteiger partial charge in [0.1, 0.15) is 5.82 Å². The van der Waals surface area contributed by atoms with Crippen LogP contribution in [-0.4, -0.2) is 29.1 Å². The molecule has 2 rings (SSSR count). The number of hydrogen-bond acceptors (Lipinski definition) is 3. The Hall–Kier alpha value is -1.84. The quantitative estimate of drug-likeness (QED) is 0.861. The van der Waals surface area contributed by atoms with Gasteiger partial charge in [0.25, 0.3) is 0 Å². The number of carboxylic acids is 1. The zero-order chi connectivity index (χ0) is 14.8. The van der Waals surface area contributed by atoms with Crippen LogP contribution in [0.2, 0.25) is 0 Å². The summed E-state index contributed by atoms with van der Waals surface area (Å²) < 4.78 is 0. The summed E-state index contributed by atoms with van der Waals surface area (Å²) >= 11 is 0. The highest BCUT2D eigenvalue weighted by molar-refractivity contribution is 5.86. The zero-order valence-electron chi connectivity index (χ0n) is 12.3. The Labute approximate surface area is 120 Å². The van der Waals surface area contributed by atoms with Crippen molar-refractivity contribution in [2.24, 2.45) is 11.3 Å². The molecule has 1 aliphatic heterocycles. The van der Waals surface area contributed by atoms with Crippen LogP contribution < -0.4 is 4.90 Å². The topological polar surface area (TPSA) is 53.4 Å². The van der Waals surface area contributed by atoms with Gasteiger partial charge < -0.3 is 10.0 Å². The zero-order valence-corrected chi connectivity index (χ0v) is 12.3. The van der Waals surface area contributed by atoms with Gasteiger partial charge in [-0.05, 0) is 36.0 Å². The molecule has 1 aliphatic rings. The fourth-order valence-electron chi connectivity index (χ4n) is 2.62. The van der Waals surface area contributed by atoms with Gasteiger partial charge in [-0.25, -0.2) is 9.78 Å². The van der Waals surface area contributed by atoms with E-state index < -0.39 is 5.97 Å². The van der Waals surface area contributed by atoms with E-state index in [1.807, 2.05) is 12.1 Å². The van der Waals surface area contributed by atoms with Crippen molar-refractivity contribution >= 4 is 17.9 Å². The summed E-state index contributed by atoms with van der Waals surface area (Å²) in [6.07, 6.45) is 5.70. The summed E-state index contributed by atoms with van der Waals surface area (Å²) in [5, 5.41) is 8.76. The van der Waals surface area contributed by atoms with E-state index in [1.165, 1.54) is 0 Å². The molecule has 20 heavy (non-hydrogen) atoms. The summed E-state index contributed by atoms with van der Waals surface area (Å²) in [4.78, 5) is 17.4. The Morgan fingerprint density at radius 1 is 1.50 bits per heavy atom. The van der Waals surface area contributed by atoms with Gasteiger partial charge in [0.05, 0.1) is 0 Å². The number of rotatable bonds is 3. The van der Waals surface area contributed by atoms with Gasteiger partial charge in [-0.2, -0.15) is 0 Å². The van der Waals surface area contributed by atoms with Crippen LogP contribution in [0.4, 0.5) is 5.82 Å². The maximum absolute atomic E-state index is 10.7. The molecule has 1 fully saturated rings. The largest absolute Gasteiger partial charge is 0.478 e. The third-order valence-electron chi connectivity index (χ3n) is 3.93. The number of pyridine rings is 1. The lowest BCUT2D eigenvalue weighted by molar-refractivity contribution is -0.131. The van der Waals surface area contributed by atoms with Crippen LogP contribution in [-0.2, 0) is 4.79 Å². The van der Waals surface area contributed by atoms with Gasteiger partial charge in [0, 0.05) is 30.9 Å². The van der Waals surface area contributed by atoms with Crippen LogP contribution in [0.25, 0.3) is 6.08 Å². The number of carboxylic acid groups (broad SMARTS) is 1. The monoisotopic (exact) mass is 274 g/mol. The van der Waals surface area contributed by atoms with Crippen molar-refractivity contribution in [3.63, 3.8) is 0 Å². The number of nitrogens with zero attached hydrogens (tertiary/aromatic N) is 2. The van der Waals surface area contributed by atoms with Crippen molar-refractivity contribution in [2.75, 3.05) is 18.0 Å². The first-order chi connectivity index (χ1) is 9.38. The molecule has 0 spiro atoms. The van der Waals surface area contributed by atoms with E-state index in [1.54, 1.807) is 12.3 Å². The predicted octanol–water partition coefficient (Wildman–Crippen LogP) is 3.05. The van der Waals surface area contributed by atoms with Crippen molar-refractivity contribution in [1.82, 2.24) is 4.98 Å². The smallest absolute Gasteiger partial charge is 0.328 e. The van der Waals surface area contributed by atoms with E-state index in [9.17, 15) is 4.79 Å². The summed E-state index contributed by atoms with van der Waals surface area (Å²) in [5.41, 5.74) is 1.16. The Morgan fingerprint density at radius 2 is 2.25 bits per heavy atom. The third-order valence-corrected chi connectivity index (χ3v) is 3.93. The maximum Gasteiger partial charge on any atom is 0.328 e. The van der Waals surface area contributed by atoms with Crippen molar-refractivity contribution in [2.45, 2.75) is 27.2 Å². The van der Waals surface area contributed by atoms with Crippen LogP contribution in [0, 0.1) is 11.3 Å². The van der Waals surface area contributed by atoms with Crippen LogP contribution >= 0.6 is 0 Å². The average Bonchev–Trinajstić information content (AvgIpc) is 2.86. The Morgan fingerprint density at radius 3 is 2.85 bits per heavy atom. The molecule has 1 aromatic rings. The van der Waals surface area contributed by atoms with Gasteiger partial charge in [-0.1, -0.05) is 20.8 Å². The lowest BCUT2D eigenvalue weighted by atomic mass is 9.80. The minimum absolute atomic E-state index is 0.292. The van der Waals surface area contributed by atoms with Gasteiger partial charge in [0.2, 0.25) is 0 Å². The summed E-state index contributed by atoms with van der Waals surface area (Å²) in [7, 11) is 0. The highest BCUT2D eigenvalue weighted by atomic mass is 16.4. The van der Waals surface area contributed by atoms with Gasteiger partial charge in [0.15, 0.2) is 0 Å². The molecule has 1 N–H and O–H groups in total. The standard InChI is InChI=1S/C16H22N2O2/c1-16(2,3)13-8-10-18(11-13)15-12(5-4-9-17-15)6-7-14(19)20/h4-7,9,13H,8,10-11H2,1-3H3,(H,19,20)/b7-6+. The van der Waals surface area contributed by atoms with Crippen LogP contribution in [0.1, 0.15) is 32.8 Å². The van der Waals surface area contributed by atoms with Gasteiger partial charge >= 0.3 is 5.97 Å². The lowest BCUT2D eigenvalue weighted by Gasteiger charge is -2.27. The minimum atomic E-state index is -0.936. The number of hydrogen-bond donors (Lipinski definition) is 1. The average molecular weight is 274 g/mol. The van der Waals surface area contributed by atoms with Crippen molar-refractivity contribution in [1.29, 1.82) is 0 Å². The number of anilines is 1. The Kier molecular flexibility index (Phi) is 4.12. The molecular weight excluding hydrogens is 252 g/mol. The molecule has 0 aliphatic carbocycles. The summed E-state index contributed by atoms with van der Waals surface area (Å²) in [5.74, 6) is 0.589. The van der Waals surface area contributed by atoms with Crippen LogP contribution in [0.5, 0.6) is 0 Å². The highest BCUT2D eigenvalue weighted by Crippen LogP contribution is 2.36. The van der Waals surface area contributed by atoms with E-state index in [0.29, 0.717) is 11.3 Å². The SMILES string of the molecule is CC(C)(C)C1CCN(c2ncccc2/C=C/C(=O)O)C1. The van der Waals surface area contributed by atoms with Crippen molar-refractivity contribution in [3.05, 3.63) is 30.0 Å². The van der Waals surface area contributed by atoms with E-state index >= 15 is 0 Å². The highest BCUT2D eigenvalue weighted by Gasteiger charge is 2.32. The molecule has 1 unspecified atom stereocenters. The first-order valence-corrected chi connectivity index (χ1v) is 6.99. The molecule has 1 aromatic heterocycles. The fraction of sp³-hybridized carbons (Fsp3) is 0.500. The number of carbonyl (C=O) groups is 1. The Balaban J connectivity index is 2.20. The van der Waals surface area contributed by atoms with Gasteiger partial charge in [-0.15, -0.1) is 0 Å². The molecule has 0 saturated carbocycles. The molecular formula is C16H22N2O2. The molecule has 2 heterocycles. The maximum atomic E-state index is 10.7. The molecule has 0 radical (unpaired) electrons. The molecule has 0 bridgehead atoms. The lowest BCUT2D eigenvalue weighted by Crippen LogP contribution is -2.26. The predicted molar refractivity (Wildman–Crippen MR) is 80.7 cm³/mol. The van der Waals surface area contributed by atoms with E-state index in [2.05, 4.69) is 30.7 Å². The Bertz CT molecular complexity index is 517. The molecule has 0 aromatic carbocycles. The second-order valence-electron chi connectivity index (χ2n) is 6.39. The van der Waals surface area contributed by atoms with Crippen molar-refractivity contribution < 1.29 is 9.90 Å². The molecule has 4 heteroatoms. The molecule has 0 amide bonds. The van der Waals surface area contributed by atoms with E-state index in [4.69, 9.17) is 5.11 Å². The van der Waals surface area contributed by atoms with Gasteiger partial charge in [-0.3, -0.25) is 0 Å². The summed E-state index contributed by atoms with van der Waals surface area (Å²) in [6.45, 7) is 8.77. The molecule has 1 atom stereocenters. The van der Waals surface area contributed by atoms with Crippen molar-refractivity contribution in [3.8, 4) is 0 Å². The fourth-order valence-corrected chi connectivity index (χ4v) is 2.62. The van der Waals surface area contributed by atoms with E-state index in [-0.39, 0.29) is 0 Å². The normalized spacial score (nSPS) is 19.8. The second-order valence-corrected chi connectivity index (χ2v) is 6.39.